The van der Waals surface area contributed by atoms with Gasteiger partial charge in [0.1, 0.15) is 17.1 Å². The number of rotatable bonds is 5. The van der Waals surface area contributed by atoms with Crippen LogP contribution in [0.4, 0.5) is 10.5 Å². The summed E-state index contributed by atoms with van der Waals surface area (Å²) in [6.07, 6.45) is 0. The summed E-state index contributed by atoms with van der Waals surface area (Å²) in [7, 11) is 0. The molecule has 7 heteroatoms. The monoisotopic (exact) mass is 417 g/mol. The maximum Gasteiger partial charge on any atom is 0.325 e. The van der Waals surface area contributed by atoms with Crippen molar-refractivity contribution in [2.75, 3.05) is 5.32 Å². The molecule has 1 fully saturated rings. The average Bonchev–Trinajstić information content (AvgIpc) is 3.20. The lowest BCUT2D eigenvalue weighted by atomic mass is 9.92. The highest BCUT2D eigenvalue weighted by atomic mass is 16.3. The Kier molecular flexibility index (Phi) is 5.10. The normalized spacial score (nSPS) is 18.2. The molecule has 31 heavy (non-hydrogen) atoms. The highest BCUT2D eigenvalue weighted by molar-refractivity contribution is 6.07. The lowest BCUT2D eigenvalue weighted by Gasteiger charge is -2.21. The van der Waals surface area contributed by atoms with Gasteiger partial charge in [-0.3, -0.25) is 14.5 Å². The zero-order chi connectivity index (χ0) is 22.2. The van der Waals surface area contributed by atoms with E-state index in [9.17, 15) is 14.4 Å². The maximum atomic E-state index is 13.1. The number of anilines is 1. The summed E-state index contributed by atoms with van der Waals surface area (Å²) in [6, 6.07) is 17.3. The van der Waals surface area contributed by atoms with Gasteiger partial charge in [0.2, 0.25) is 0 Å². The number of amides is 4. The summed E-state index contributed by atoms with van der Waals surface area (Å²) >= 11 is 0. The molecule has 1 aromatic heterocycles. The van der Waals surface area contributed by atoms with Gasteiger partial charge in [-0.15, -0.1) is 0 Å². The molecule has 1 unspecified atom stereocenters. The Morgan fingerprint density at radius 2 is 1.74 bits per heavy atom. The first-order chi connectivity index (χ1) is 14.8. The highest BCUT2D eigenvalue weighted by Crippen LogP contribution is 2.33. The van der Waals surface area contributed by atoms with Crippen LogP contribution in [-0.2, 0) is 16.9 Å². The number of aryl methyl sites for hydroxylation is 2. The number of nitrogens with one attached hydrogen (secondary N) is 2. The van der Waals surface area contributed by atoms with Crippen LogP contribution in [-0.4, -0.2) is 22.7 Å². The van der Waals surface area contributed by atoms with Crippen molar-refractivity contribution in [1.82, 2.24) is 10.2 Å². The molecular formula is C24H23N3O4. The van der Waals surface area contributed by atoms with E-state index in [1.165, 1.54) is 4.90 Å². The molecular weight excluding hydrogens is 394 g/mol. The van der Waals surface area contributed by atoms with Crippen LogP contribution < -0.4 is 10.6 Å². The molecule has 158 valence electrons. The van der Waals surface area contributed by atoms with Crippen molar-refractivity contribution >= 4 is 23.5 Å². The number of carbonyl (C=O) groups excluding carboxylic acids is 3. The van der Waals surface area contributed by atoms with Crippen molar-refractivity contribution in [2.24, 2.45) is 0 Å². The van der Waals surface area contributed by atoms with E-state index in [1.54, 1.807) is 51.1 Å². The largest absolute Gasteiger partial charge is 0.466 e. The predicted molar refractivity (Wildman–Crippen MR) is 115 cm³/mol. The van der Waals surface area contributed by atoms with Crippen LogP contribution in [0.5, 0.6) is 0 Å². The molecule has 2 heterocycles. The summed E-state index contributed by atoms with van der Waals surface area (Å²) in [5.41, 5.74) is 1.41. The summed E-state index contributed by atoms with van der Waals surface area (Å²) in [5, 5.41) is 5.62. The lowest BCUT2D eigenvalue weighted by Crippen LogP contribution is -2.41. The standard InChI is InChI=1S/C24H23N3O4/c1-15-13-20(16(2)31-15)24(3)22(29)27(23(30)26-24)14-17-9-11-18(12-10-17)21(28)25-19-7-5-4-6-8-19/h4-13H,14H2,1-3H3,(H,25,28)(H,26,30). The number of benzene rings is 2. The molecule has 1 aliphatic heterocycles. The van der Waals surface area contributed by atoms with Crippen LogP contribution in [0.1, 0.15) is 39.9 Å². The third kappa shape index (κ3) is 3.82. The molecule has 0 saturated carbocycles. The smallest absolute Gasteiger partial charge is 0.325 e. The van der Waals surface area contributed by atoms with E-state index >= 15 is 0 Å². The van der Waals surface area contributed by atoms with Gasteiger partial charge in [0, 0.05) is 16.8 Å². The maximum absolute atomic E-state index is 13.1. The first-order valence-corrected chi connectivity index (χ1v) is 9.95. The second-order valence-corrected chi connectivity index (χ2v) is 7.79. The Labute approximate surface area is 180 Å². The number of para-hydroxylation sites is 1. The van der Waals surface area contributed by atoms with Crippen molar-refractivity contribution in [2.45, 2.75) is 32.9 Å². The van der Waals surface area contributed by atoms with E-state index in [2.05, 4.69) is 10.6 Å². The molecule has 1 atom stereocenters. The number of hydrogen-bond donors (Lipinski definition) is 2. The van der Waals surface area contributed by atoms with Crippen LogP contribution in [0.2, 0.25) is 0 Å². The van der Waals surface area contributed by atoms with E-state index in [1.807, 2.05) is 30.3 Å². The van der Waals surface area contributed by atoms with Crippen molar-refractivity contribution in [3.8, 4) is 0 Å². The molecule has 3 aromatic rings. The topological polar surface area (TPSA) is 91.7 Å². The van der Waals surface area contributed by atoms with Gasteiger partial charge in [-0.25, -0.2) is 4.79 Å². The number of imide groups is 1. The summed E-state index contributed by atoms with van der Waals surface area (Å²) in [4.78, 5) is 39.3. The van der Waals surface area contributed by atoms with E-state index in [4.69, 9.17) is 4.42 Å². The quantitative estimate of drug-likeness (QED) is 0.611. The number of urea groups is 1. The van der Waals surface area contributed by atoms with Crippen LogP contribution in [0.25, 0.3) is 0 Å². The third-order valence-corrected chi connectivity index (χ3v) is 5.44. The minimum atomic E-state index is -1.17. The molecule has 1 aliphatic rings. The molecule has 0 bridgehead atoms. The Hall–Kier alpha value is -3.87. The predicted octanol–water partition coefficient (Wildman–Crippen LogP) is 4.12. The van der Waals surface area contributed by atoms with E-state index in [-0.39, 0.29) is 18.4 Å². The summed E-state index contributed by atoms with van der Waals surface area (Å²) in [5.74, 6) is 0.710. The van der Waals surface area contributed by atoms with Crippen molar-refractivity contribution in [3.63, 3.8) is 0 Å². The van der Waals surface area contributed by atoms with Gasteiger partial charge in [-0.1, -0.05) is 30.3 Å². The van der Waals surface area contributed by atoms with Gasteiger partial charge in [0.25, 0.3) is 11.8 Å². The number of carbonyl (C=O) groups is 3. The Balaban J connectivity index is 1.48. The Morgan fingerprint density at radius 3 is 2.35 bits per heavy atom. The minimum absolute atomic E-state index is 0.108. The molecule has 0 spiro atoms. The first kappa shape index (κ1) is 20.4. The third-order valence-electron chi connectivity index (χ3n) is 5.44. The SMILES string of the molecule is Cc1cc(C2(C)NC(=O)N(Cc3ccc(C(=O)Nc4ccccc4)cc3)C2=O)c(C)o1. The molecule has 4 amide bonds. The highest BCUT2D eigenvalue weighted by Gasteiger charge is 2.50. The Bertz CT molecular complexity index is 1150. The van der Waals surface area contributed by atoms with Gasteiger partial charge in [0.15, 0.2) is 0 Å². The lowest BCUT2D eigenvalue weighted by molar-refractivity contribution is -0.131. The first-order valence-electron chi connectivity index (χ1n) is 9.95. The second-order valence-electron chi connectivity index (χ2n) is 7.79. The average molecular weight is 417 g/mol. The van der Waals surface area contributed by atoms with Gasteiger partial charge in [0.05, 0.1) is 6.54 Å². The van der Waals surface area contributed by atoms with Gasteiger partial charge in [-0.05, 0) is 56.7 Å². The van der Waals surface area contributed by atoms with E-state index < -0.39 is 11.6 Å². The molecule has 4 rings (SSSR count). The second kappa shape index (κ2) is 7.75. The molecule has 1 saturated heterocycles. The molecule has 0 radical (unpaired) electrons. The number of furan rings is 1. The minimum Gasteiger partial charge on any atom is -0.466 e. The van der Waals surface area contributed by atoms with Crippen LogP contribution in [0.3, 0.4) is 0 Å². The zero-order valence-corrected chi connectivity index (χ0v) is 17.6. The molecule has 0 aliphatic carbocycles. The summed E-state index contributed by atoms with van der Waals surface area (Å²) < 4.78 is 5.55. The molecule has 2 aromatic carbocycles. The van der Waals surface area contributed by atoms with Gasteiger partial charge in [-0.2, -0.15) is 0 Å². The van der Waals surface area contributed by atoms with Gasteiger partial charge >= 0.3 is 6.03 Å². The van der Waals surface area contributed by atoms with Crippen molar-refractivity contribution in [1.29, 1.82) is 0 Å². The number of hydrogen-bond acceptors (Lipinski definition) is 4. The fourth-order valence-electron chi connectivity index (χ4n) is 3.82. The number of nitrogens with zero attached hydrogens (tertiary/aromatic N) is 1. The van der Waals surface area contributed by atoms with Crippen molar-refractivity contribution in [3.05, 3.63) is 88.9 Å². The van der Waals surface area contributed by atoms with Gasteiger partial charge < -0.3 is 15.1 Å². The fraction of sp³-hybridized carbons (Fsp3) is 0.208. The molecule has 2 N–H and O–H groups in total. The zero-order valence-electron chi connectivity index (χ0n) is 17.6. The van der Waals surface area contributed by atoms with Crippen LogP contribution in [0.15, 0.2) is 65.1 Å². The van der Waals surface area contributed by atoms with E-state index in [0.717, 1.165) is 5.56 Å². The molecule has 7 nitrogen and oxygen atoms in total. The Morgan fingerprint density at radius 1 is 1.06 bits per heavy atom. The van der Waals surface area contributed by atoms with Crippen molar-refractivity contribution < 1.29 is 18.8 Å². The van der Waals surface area contributed by atoms with E-state index in [0.29, 0.717) is 28.3 Å². The fourth-order valence-corrected chi connectivity index (χ4v) is 3.82. The summed E-state index contributed by atoms with van der Waals surface area (Å²) in [6.45, 7) is 5.36. The van der Waals surface area contributed by atoms with Crippen LogP contribution in [0, 0.1) is 13.8 Å². The van der Waals surface area contributed by atoms with Crippen LogP contribution >= 0.6 is 0 Å².